The van der Waals surface area contributed by atoms with Gasteiger partial charge in [-0.2, -0.15) is 0 Å². The molecule has 0 aromatic carbocycles. The van der Waals surface area contributed by atoms with Gasteiger partial charge >= 0.3 is 5.97 Å². The quantitative estimate of drug-likeness (QED) is 0.646. The number of amides is 1. The Morgan fingerprint density at radius 1 is 1.39 bits per heavy atom. The van der Waals surface area contributed by atoms with E-state index in [1.807, 2.05) is 0 Å². The molecule has 0 saturated heterocycles. The molecule has 0 rings (SSSR count). The number of ether oxygens (including phenoxy) is 1. The summed E-state index contributed by atoms with van der Waals surface area (Å²) in [6.45, 7) is 4.00. The summed E-state index contributed by atoms with van der Waals surface area (Å²) in [5, 5.41) is 11.2. The third-order valence-corrected chi connectivity index (χ3v) is 4.81. The zero-order chi connectivity index (χ0) is 14.6. The molecular weight excluding hydrogens is 262 g/mol. The number of carboxylic acid groups (broad SMARTS) is 1. The topological polar surface area (TPSA) is 110 Å². The minimum absolute atomic E-state index is 0.244. The zero-order valence-electron chi connectivity index (χ0n) is 10.9. The van der Waals surface area contributed by atoms with Crippen molar-refractivity contribution in [3.63, 3.8) is 0 Å². The summed E-state index contributed by atoms with van der Waals surface area (Å²) in [5.41, 5.74) is 0. The molecule has 0 aliphatic rings. The number of hydrogen-bond acceptors (Lipinski definition) is 5. The number of sulfone groups is 1. The first-order chi connectivity index (χ1) is 8.04. The lowest BCUT2D eigenvalue weighted by Crippen LogP contribution is -2.47. The molecule has 7 nitrogen and oxygen atoms in total. The number of carbonyl (C=O) groups is 2. The first-order valence-corrected chi connectivity index (χ1v) is 6.94. The molecule has 2 N–H and O–H groups in total. The maximum Gasteiger partial charge on any atom is 0.324 e. The number of nitrogens with one attached hydrogen (secondary N) is 1. The van der Waals surface area contributed by atoms with Crippen LogP contribution in [0.5, 0.6) is 0 Å². The lowest BCUT2D eigenvalue weighted by molar-refractivity contribution is -0.139. The summed E-state index contributed by atoms with van der Waals surface area (Å²) in [6.07, 6.45) is 0. The SMILES string of the molecule is COCC(C)NC(=O)CS(=O)(=O)C(C)(C)C(=O)O. The average Bonchev–Trinajstić information content (AvgIpc) is 2.15. The van der Waals surface area contributed by atoms with Gasteiger partial charge in [0.15, 0.2) is 14.6 Å². The van der Waals surface area contributed by atoms with Gasteiger partial charge in [0.25, 0.3) is 0 Å². The predicted molar refractivity (Wildman–Crippen MR) is 65.0 cm³/mol. The maximum absolute atomic E-state index is 11.8. The highest BCUT2D eigenvalue weighted by Gasteiger charge is 2.42. The Hall–Kier alpha value is -1.15. The lowest BCUT2D eigenvalue weighted by Gasteiger charge is -2.20. The van der Waals surface area contributed by atoms with Crippen molar-refractivity contribution in [2.24, 2.45) is 0 Å². The van der Waals surface area contributed by atoms with E-state index in [9.17, 15) is 18.0 Å². The number of methoxy groups -OCH3 is 1. The molecule has 0 aromatic rings. The largest absolute Gasteiger partial charge is 0.480 e. The average molecular weight is 281 g/mol. The van der Waals surface area contributed by atoms with Crippen LogP contribution in [0.3, 0.4) is 0 Å². The molecule has 0 aromatic heterocycles. The summed E-state index contributed by atoms with van der Waals surface area (Å²) >= 11 is 0. The highest BCUT2D eigenvalue weighted by Crippen LogP contribution is 2.17. The third-order valence-electron chi connectivity index (χ3n) is 2.44. The van der Waals surface area contributed by atoms with Crippen molar-refractivity contribution < 1.29 is 27.9 Å². The highest BCUT2D eigenvalue weighted by molar-refractivity contribution is 7.94. The van der Waals surface area contributed by atoms with Gasteiger partial charge in [0.2, 0.25) is 5.91 Å². The van der Waals surface area contributed by atoms with Crippen LogP contribution >= 0.6 is 0 Å². The van der Waals surface area contributed by atoms with E-state index >= 15 is 0 Å². The first-order valence-electron chi connectivity index (χ1n) is 5.28. The molecule has 1 amide bonds. The second-order valence-electron chi connectivity index (χ2n) is 4.50. The van der Waals surface area contributed by atoms with Crippen LogP contribution in [-0.2, 0) is 24.2 Å². The number of aliphatic carboxylic acids is 1. The molecule has 1 atom stereocenters. The normalized spacial score (nSPS) is 14.0. The smallest absolute Gasteiger partial charge is 0.324 e. The molecule has 0 saturated carbocycles. The fourth-order valence-corrected chi connectivity index (χ4v) is 2.15. The predicted octanol–water partition coefficient (Wildman–Crippen LogP) is -0.584. The van der Waals surface area contributed by atoms with Crippen molar-refractivity contribution in [3.8, 4) is 0 Å². The highest BCUT2D eigenvalue weighted by atomic mass is 32.2. The number of carboxylic acids is 1. The van der Waals surface area contributed by atoms with Crippen LogP contribution < -0.4 is 5.32 Å². The van der Waals surface area contributed by atoms with Crippen LogP contribution in [0.4, 0.5) is 0 Å². The Balaban J connectivity index is 4.70. The van der Waals surface area contributed by atoms with Crippen molar-refractivity contribution >= 4 is 21.7 Å². The monoisotopic (exact) mass is 281 g/mol. The van der Waals surface area contributed by atoms with E-state index in [0.29, 0.717) is 0 Å². The van der Waals surface area contributed by atoms with Crippen molar-refractivity contribution in [1.29, 1.82) is 0 Å². The minimum Gasteiger partial charge on any atom is -0.480 e. The first kappa shape index (κ1) is 16.9. The molecule has 18 heavy (non-hydrogen) atoms. The molecule has 0 radical (unpaired) electrons. The van der Waals surface area contributed by atoms with Gasteiger partial charge in [-0.05, 0) is 20.8 Å². The Labute approximate surface area is 106 Å². The van der Waals surface area contributed by atoms with E-state index in [-0.39, 0.29) is 12.6 Å². The number of rotatable bonds is 7. The van der Waals surface area contributed by atoms with Crippen LogP contribution in [0, 0.1) is 0 Å². The van der Waals surface area contributed by atoms with Crippen LogP contribution in [0.25, 0.3) is 0 Å². The van der Waals surface area contributed by atoms with E-state index in [1.165, 1.54) is 7.11 Å². The molecular formula is C10H19NO6S. The fourth-order valence-electron chi connectivity index (χ4n) is 1.09. The van der Waals surface area contributed by atoms with Crippen molar-refractivity contribution in [2.45, 2.75) is 31.6 Å². The summed E-state index contributed by atoms with van der Waals surface area (Å²) < 4.78 is 26.3. The van der Waals surface area contributed by atoms with Gasteiger partial charge < -0.3 is 15.2 Å². The molecule has 0 fully saturated rings. The maximum atomic E-state index is 11.8. The van der Waals surface area contributed by atoms with Gasteiger partial charge in [-0.25, -0.2) is 8.42 Å². The van der Waals surface area contributed by atoms with Gasteiger partial charge in [0, 0.05) is 13.2 Å². The van der Waals surface area contributed by atoms with Crippen molar-refractivity contribution in [3.05, 3.63) is 0 Å². The number of hydrogen-bond donors (Lipinski definition) is 2. The Morgan fingerprint density at radius 3 is 2.28 bits per heavy atom. The van der Waals surface area contributed by atoms with Gasteiger partial charge in [0.05, 0.1) is 6.61 Å². The molecule has 0 bridgehead atoms. The van der Waals surface area contributed by atoms with Gasteiger partial charge in [0.1, 0.15) is 5.75 Å². The standard InChI is InChI=1S/C10H19NO6S/c1-7(5-17-4)11-8(12)6-18(15,16)10(2,3)9(13)14/h7H,5-6H2,1-4H3,(H,11,12)(H,13,14). The van der Waals surface area contributed by atoms with Crippen molar-refractivity contribution in [1.82, 2.24) is 5.32 Å². The van der Waals surface area contributed by atoms with Crippen LogP contribution in [-0.4, -0.2) is 55.7 Å². The molecule has 8 heteroatoms. The van der Waals surface area contributed by atoms with E-state index in [4.69, 9.17) is 9.84 Å². The molecule has 106 valence electrons. The number of carbonyl (C=O) groups excluding carboxylic acids is 1. The van der Waals surface area contributed by atoms with Crippen LogP contribution in [0.15, 0.2) is 0 Å². The Morgan fingerprint density at radius 2 is 1.89 bits per heavy atom. The fraction of sp³-hybridized carbons (Fsp3) is 0.800. The molecule has 0 spiro atoms. The van der Waals surface area contributed by atoms with Gasteiger partial charge in [-0.15, -0.1) is 0 Å². The minimum atomic E-state index is -4.07. The zero-order valence-corrected chi connectivity index (χ0v) is 11.7. The molecule has 1 unspecified atom stereocenters. The second-order valence-corrected chi connectivity index (χ2v) is 7.04. The Kier molecular flexibility index (Phi) is 5.75. The van der Waals surface area contributed by atoms with Gasteiger partial charge in [-0.1, -0.05) is 0 Å². The van der Waals surface area contributed by atoms with E-state index in [2.05, 4.69) is 5.32 Å². The summed E-state index contributed by atoms with van der Waals surface area (Å²) in [7, 11) is -2.62. The van der Waals surface area contributed by atoms with E-state index < -0.39 is 32.2 Å². The third kappa shape index (κ3) is 4.26. The lowest BCUT2D eigenvalue weighted by atomic mass is 10.2. The van der Waals surface area contributed by atoms with Gasteiger partial charge in [-0.3, -0.25) is 9.59 Å². The molecule has 0 heterocycles. The Bertz CT molecular complexity index is 414. The summed E-state index contributed by atoms with van der Waals surface area (Å²) in [5.74, 6) is -3.09. The molecule has 0 aliphatic heterocycles. The second kappa shape index (κ2) is 6.14. The molecule has 0 aliphatic carbocycles. The summed E-state index contributed by atoms with van der Waals surface area (Å²) in [6, 6.07) is -0.342. The summed E-state index contributed by atoms with van der Waals surface area (Å²) in [4.78, 5) is 22.3. The van der Waals surface area contributed by atoms with E-state index in [1.54, 1.807) is 6.92 Å². The van der Waals surface area contributed by atoms with Crippen LogP contribution in [0.1, 0.15) is 20.8 Å². The van der Waals surface area contributed by atoms with Crippen LogP contribution in [0.2, 0.25) is 0 Å². The van der Waals surface area contributed by atoms with Crippen molar-refractivity contribution in [2.75, 3.05) is 19.5 Å². The van der Waals surface area contributed by atoms with E-state index in [0.717, 1.165) is 13.8 Å².